The van der Waals surface area contributed by atoms with Crippen molar-refractivity contribution in [3.8, 4) is 0 Å². The molecule has 0 radical (unpaired) electrons. The number of amides is 6. The maximum absolute atomic E-state index is 11.4. The van der Waals surface area contributed by atoms with E-state index in [0.717, 1.165) is 73.3 Å². The van der Waals surface area contributed by atoms with Crippen molar-refractivity contribution in [3.05, 3.63) is 215 Å². The van der Waals surface area contributed by atoms with Gasteiger partial charge in [0.15, 0.2) is 0 Å². The lowest BCUT2D eigenvalue weighted by molar-refractivity contribution is -0.145. The van der Waals surface area contributed by atoms with Crippen molar-refractivity contribution < 1.29 is 128 Å². The quantitative estimate of drug-likeness (QED) is 0.0125. The maximum atomic E-state index is 11.4. The molecule has 6 unspecified atom stereocenters. The fraction of sp³-hybridized carbons (Fsp3) is 0.510. The summed E-state index contributed by atoms with van der Waals surface area (Å²) >= 11 is 0. The van der Waals surface area contributed by atoms with Gasteiger partial charge in [-0.3, -0.25) is 28.8 Å². The monoisotopic (exact) mass is 2160 g/mol. The fourth-order valence-electron chi connectivity index (χ4n) is 8.58. The van der Waals surface area contributed by atoms with Gasteiger partial charge in [-0.05, 0) is 68.6 Å². The highest BCUT2D eigenvalue weighted by atomic mass is 35.7. The summed E-state index contributed by atoms with van der Waals surface area (Å²) in [6, 6.07) is 53.1. The molecule has 6 rings (SSSR count). The van der Waals surface area contributed by atoms with Crippen LogP contribution in [0.1, 0.15) is 158 Å². The Hall–Kier alpha value is -11.2. The van der Waals surface area contributed by atoms with Gasteiger partial charge in [-0.2, -0.15) is 0 Å². The Morgan fingerprint density at radius 3 is 0.403 bits per heavy atom. The van der Waals surface area contributed by atoms with E-state index in [4.69, 9.17) is 0 Å². The van der Waals surface area contributed by atoms with Crippen molar-refractivity contribution in [2.45, 2.75) is 199 Å². The maximum Gasteiger partial charge on any atom is 0.328 e. The van der Waals surface area contributed by atoms with Crippen molar-refractivity contribution in [2.24, 2.45) is 5.73 Å². The number of nitrogens with one attached hydrogen (secondary N) is 9. The number of carbonyl (C=O) groups excluding carboxylic acids is 12. The van der Waals surface area contributed by atoms with Gasteiger partial charge < -0.3 is 71.4 Å². The van der Waals surface area contributed by atoms with Crippen LogP contribution in [0.25, 0.3) is 0 Å². The van der Waals surface area contributed by atoms with E-state index in [2.05, 4.69) is 91.5 Å². The normalized spacial score (nSPS) is 10.8. The molecular formula is C98H173ClN12O28S5. The second-order valence-electron chi connectivity index (χ2n) is 27.0. The summed E-state index contributed by atoms with van der Waals surface area (Å²) in [5.41, 5.74) is 10.4. The lowest BCUT2D eigenvalue weighted by Crippen LogP contribution is -2.41. The van der Waals surface area contributed by atoms with E-state index in [9.17, 15) is 99.6 Å². The predicted molar refractivity (Wildman–Crippen MR) is 577 cm³/mol. The molecule has 144 heavy (non-hydrogen) atoms. The van der Waals surface area contributed by atoms with E-state index in [1.54, 1.807) is 0 Å². The number of rotatable bonds is 28. The second-order valence-corrected chi connectivity index (χ2v) is 38.4. The van der Waals surface area contributed by atoms with Crippen molar-refractivity contribution >= 4 is 131 Å². The van der Waals surface area contributed by atoms with Crippen LogP contribution in [0, 0.1) is 0 Å². The molecule has 0 aliphatic heterocycles. The second kappa shape index (κ2) is 103. The molecule has 0 bridgehead atoms. The van der Waals surface area contributed by atoms with Crippen LogP contribution in [0.2, 0.25) is 0 Å². The first-order valence-corrected chi connectivity index (χ1v) is 55.3. The van der Waals surface area contributed by atoms with Gasteiger partial charge in [-0.25, -0.2) is 88.9 Å². The van der Waals surface area contributed by atoms with Crippen LogP contribution in [0.5, 0.6) is 0 Å². The molecule has 6 atom stereocenters. The number of nitrogens with zero attached hydrogens (tertiary/aromatic N) is 2. The van der Waals surface area contributed by atoms with Crippen LogP contribution in [0.4, 0.5) is 0 Å². The topological polar surface area (TPSA) is 572 Å². The summed E-state index contributed by atoms with van der Waals surface area (Å²) in [5.74, 6) is -4.05. The lowest BCUT2D eigenvalue weighted by atomic mass is 10.1. The molecule has 0 heterocycles. The summed E-state index contributed by atoms with van der Waals surface area (Å²) < 4.78 is 134. The number of halogens is 1. The van der Waals surface area contributed by atoms with Gasteiger partial charge in [0.1, 0.15) is 36.3 Å². The van der Waals surface area contributed by atoms with Crippen LogP contribution >= 0.6 is 10.7 Å². The molecule has 11 N–H and O–H groups in total. The first-order chi connectivity index (χ1) is 67.2. The number of carbonyl (C=O) groups is 12. The minimum absolute atomic E-state index is 0.244. The van der Waals surface area contributed by atoms with Gasteiger partial charge in [-0.15, -0.1) is 0 Å². The first kappa shape index (κ1) is 161. The molecule has 830 valence electrons. The van der Waals surface area contributed by atoms with Crippen LogP contribution in [-0.2, 0) is 174 Å². The Labute approximate surface area is 866 Å². The van der Waals surface area contributed by atoms with Gasteiger partial charge in [0, 0.05) is 119 Å². The van der Waals surface area contributed by atoms with E-state index in [0.29, 0.717) is 38.5 Å². The number of esters is 6. The highest BCUT2D eigenvalue weighted by Gasteiger charge is 2.26. The smallest absolute Gasteiger partial charge is 0.328 e. The molecule has 6 aromatic carbocycles. The standard InChI is InChI=1S/6C12H15NO3.2C3H9NO2S.2C2H7NO2S.C2H7N.6C2H6.CH3ClO2S.CH5N/c6*1-9(14)13-11(12(15)16-2)8-10-6-4-3-5-7-10;2*1-4(2)7(3,5)6;2*1-3-6(2,4)5;1-3-2;6*1-2;1-5(2,3)4;1-2/h6*3-7,11H,8H2,1-2H3,(H,13,14);2*1-3H3;2*3H,1-2H3;3H,1-2H3;6*1-2H3;1H3;2H2,1H3. The molecule has 0 spiro atoms. The molecular weight excluding hydrogens is 1990 g/mol. The Morgan fingerprint density at radius 1 is 0.264 bits per heavy atom. The predicted octanol–water partition coefficient (Wildman–Crippen LogP) is 8.54. The number of hydrogen-bond acceptors (Lipinski definition) is 30. The average Bonchev–Trinajstić information content (AvgIpc) is 0.911. The van der Waals surface area contributed by atoms with E-state index >= 15 is 0 Å². The molecule has 0 aromatic heterocycles. The lowest BCUT2D eigenvalue weighted by Gasteiger charge is -2.15. The summed E-state index contributed by atoms with van der Waals surface area (Å²) in [7, 11) is 11.5. The molecule has 46 heteroatoms. The minimum atomic E-state index is -3.19. The van der Waals surface area contributed by atoms with Crippen molar-refractivity contribution in [3.63, 3.8) is 0 Å². The van der Waals surface area contributed by atoms with Gasteiger partial charge in [-0.1, -0.05) is 265 Å². The third-order valence-corrected chi connectivity index (χ3v) is 19.1. The van der Waals surface area contributed by atoms with E-state index in [-0.39, 0.29) is 35.4 Å². The minimum Gasteiger partial charge on any atom is -0.467 e. The number of hydrogen-bond donors (Lipinski definition) is 10. The van der Waals surface area contributed by atoms with Gasteiger partial charge in [0.05, 0.1) is 73.9 Å². The van der Waals surface area contributed by atoms with E-state index in [1.807, 2.05) is 279 Å². The Bertz CT molecular complexity index is 4220. The highest BCUT2D eigenvalue weighted by molar-refractivity contribution is 8.13. The summed E-state index contributed by atoms with van der Waals surface area (Å²) in [6.07, 6.45) is 8.08. The zero-order valence-corrected chi connectivity index (χ0v) is 96.7. The third-order valence-electron chi connectivity index (χ3n) is 14.9. The number of sulfonamides is 4. The molecule has 0 aliphatic carbocycles. The Morgan fingerprint density at radius 2 is 0.347 bits per heavy atom. The van der Waals surface area contributed by atoms with Crippen molar-refractivity contribution in [2.75, 3.05) is 137 Å². The number of nitrogens with two attached hydrogens (primary N) is 1. The number of benzene rings is 6. The molecule has 0 saturated heterocycles. The number of ether oxygens (including phenoxy) is 6. The fourth-order valence-corrected chi connectivity index (χ4v) is 8.58. The zero-order chi connectivity index (χ0) is 116. The average molecular weight is 2160 g/mol. The molecule has 6 aromatic rings. The first-order valence-electron chi connectivity index (χ1n) is 45.1. The largest absolute Gasteiger partial charge is 0.467 e. The van der Waals surface area contributed by atoms with Crippen LogP contribution in [0.3, 0.4) is 0 Å². The van der Waals surface area contributed by atoms with Crippen molar-refractivity contribution in [1.82, 2.24) is 55.3 Å². The Balaban J connectivity index is -0.000000119. The SMILES string of the molecule is CC.CC.CC.CC.CC.CC.CN.CN(C)S(C)(=O)=O.CN(C)S(C)(=O)=O.CNC.CNS(C)(=O)=O.CNS(C)(=O)=O.COC(=O)C(Cc1ccccc1)NC(C)=O.COC(=O)C(Cc1ccccc1)NC(C)=O.COC(=O)C(Cc1ccccc1)NC(C)=O.COC(=O)C(Cc1ccccc1)NC(C)=O.COC(=O)C(Cc1ccccc1)NC(C)=O.COC(=O)C(Cc1ccccc1)NC(C)=O.CS(=O)(=O)Cl. The summed E-state index contributed by atoms with van der Waals surface area (Å²) in [4.78, 5) is 134. The summed E-state index contributed by atoms with van der Waals surface area (Å²) in [6.45, 7) is 32.3. The zero-order valence-electron chi connectivity index (χ0n) is 91.8. The molecule has 40 nitrogen and oxygen atoms in total. The van der Waals surface area contributed by atoms with Crippen molar-refractivity contribution in [1.29, 1.82) is 0 Å². The van der Waals surface area contributed by atoms with Gasteiger partial charge >= 0.3 is 35.8 Å². The van der Waals surface area contributed by atoms with Crippen LogP contribution in [-0.4, -0.2) is 296 Å². The Kier molecular flexibility index (Phi) is 115. The molecule has 0 aliphatic rings. The molecule has 0 saturated carbocycles. The van der Waals surface area contributed by atoms with Gasteiger partial charge in [0.2, 0.25) is 84.6 Å². The molecule has 6 amide bonds. The highest BCUT2D eigenvalue weighted by Crippen LogP contribution is 2.11. The van der Waals surface area contributed by atoms with Crippen LogP contribution < -0.4 is 52.4 Å². The van der Waals surface area contributed by atoms with Crippen LogP contribution in [0.15, 0.2) is 182 Å². The van der Waals surface area contributed by atoms with E-state index in [1.165, 1.54) is 134 Å². The van der Waals surface area contributed by atoms with E-state index < -0.39 is 121 Å². The van der Waals surface area contributed by atoms with Gasteiger partial charge in [0.25, 0.3) is 0 Å². The number of methoxy groups -OCH3 is 6. The summed E-state index contributed by atoms with van der Waals surface area (Å²) in [5, 5.41) is 18.1. The third kappa shape index (κ3) is 114. The molecule has 0 fully saturated rings.